The molecule has 2 aliphatic rings. The summed E-state index contributed by atoms with van der Waals surface area (Å²) in [6.07, 6.45) is 1.11. The van der Waals surface area contributed by atoms with E-state index in [-0.39, 0.29) is 36.4 Å². The highest BCUT2D eigenvalue weighted by Gasteiger charge is 2.32. The molecule has 5 heteroatoms. The van der Waals surface area contributed by atoms with Gasteiger partial charge in [-0.1, -0.05) is 6.92 Å². The molecule has 3 unspecified atom stereocenters. The van der Waals surface area contributed by atoms with Gasteiger partial charge in [-0.3, -0.25) is 4.79 Å². The van der Waals surface area contributed by atoms with Crippen LogP contribution in [-0.2, 0) is 9.53 Å². The summed E-state index contributed by atoms with van der Waals surface area (Å²) < 4.78 is 5.42. The number of hydrogen-bond donors (Lipinski definition) is 2. The second kappa shape index (κ2) is 5.84. The molecule has 2 rings (SSSR count). The van der Waals surface area contributed by atoms with Crippen LogP contribution in [0.25, 0.3) is 0 Å². The topological polar surface area (TPSA) is 50.4 Å². The zero-order valence-electron chi connectivity index (χ0n) is 9.86. The first-order valence-electron chi connectivity index (χ1n) is 5.81. The molecule has 1 amide bonds. The maximum Gasteiger partial charge on any atom is 0.223 e. The van der Waals surface area contributed by atoms with Gasteiger partial charge in [0, 0.05) is 12.5 Å². The van der Waals surface area contributed by atoms with Crippen molar-refractivity contribution in [2.45, 2.75) is 32.4 Å². The minimum Gasteiger partial charge on any atom is -0.376 e. The van der Waals surface area contributed by atoms with Crippen molar-refractivity contribution in [1.29, 1.82) is 0 Å². The molecule has 0 aromatic heterocycles. The third kappa shape index (κ3) is 2.87. The Morgan fingerprint density at radius 2 is 2.19 bits per heavy atom. The van der Waals surface area contributed by atoms with E-state index in [1.165, 1.54) is 0 Å². The van der Waals surface area contributed by atoms with Crippen LogP contribution in [0.3, 0.4) is 0 Å². The summed E-state index contributed by atoms with van der Waals surface area (Å²) >= 11 is 0. The standard InChI is InChI=1S/C11H20N2O2.ClH/c1-7(9-5-12-6-9)11(14)13-10-3-4-15-8(10)2;/h7-10,12H,3-6H2,1-2H3,(H,13,14);1H. The predicted octanol–water partition coefficient (Wildman–Crippen LogP) is 0.557. The number of halogens is 1. The highest BCUT2D eigenvalue weighted by Crippen LogP contribution is 2.18. The fraction of sp³-hybridized carbons (Fsp3) is 0.909. The Balaban J connectivity index is 0.00000128. The van der Waals surface area contributed by atoms with Gasteiger partial charge in [0.05, 0.1) is 12.1 Å². The third-order valence-electron chi connectivity index (χ3n) is 3.64. The van der Waals surface area contributed by atoms with Gasteiger partial charge in [0.1, 0.15) is 0 Å². The van der Waals surface area contributed by atoms with E-state index in [0.717, 1.165) is 26.1 Å². The fourth-order valence-electron chi connectivity index (χ4n) is 2.11. The minimum atomic E-state index is 0. The van der Waals surface area contributed by atoms with Crippen molar-refractivity contribution < 1.29 is 9.53 Å². The van der Waals surface area contributed by atoms with Crippen molar-refractivity contribution in [2.75, 3.05) is 19.7 Å². The fourth-order valence-corrected chi connectivity index (χ4v) is 2.11. The number of carbonyl (C=O) groups excluding carboxylic acids is 1. The highest BCUT2D eigenvalue weighted by molar-refractivity contribution is 5.85. The number of hydrogen-bond acceptors (Lipinski definition) is 3. The maximum absolute atomic E-state index is 11.9. The average Bonchev–Trinajstić information content (AvgIpc) is 2.49. The van der Waals surface area contributed by atoms with Crippen molar-refractivity contribution >= 4 is 18.3 Å². The number of rotatable bonds is 3. The van der Waals surface area contributed by atoms with Crippen LogP contribution in [0.15, 0.2) is 0 Å². The first-order chi connectivity index (χ1) is 7.18. The van der Waals surface area contributed by atoms with Gasteiger partial charge < -0.3 is 15.4 Å². The Morgan fingerprint density at radius 1 is 1.50 bits per heavy atom. The van der Waals surface area contributed by atoms with Crippen molar-refractivity contribution in [1.82, 2.24) is 10.6 Å². The zero-order valence-corrected chi connectivity index (χ0v) is 10.7. The molecular weight excluding hydrogens is 228 g/mol. The highest BCUT2D eigenvalue weighted by atomic mass is 35.5. The lowest BCUT2D eigenvalue weighted by Crippen LogP contribution is -2.51. The molecule has 2 fully saturated rings. The molecular formula is C11H21ClN2O2. The van der Waals surface area contributed by atoms with Crippen LogP contribution < -0.4 is 10.6 Å². The number of nitrogens with one attached hydrogen (secondary N) is 2. The Kier molecular flexibility index (Phi) is 5.02. The molecule has 4 nitrogen and oxygen atoms in total. The first-order valence-corrected chi connectivity index (χ1v) is 5.81. The van der Waals surface area contributed by atoms with Crippen LogP contribution in [0.2, 0.25) is 0 Å². The van der Waals surface area contributed by atoms with Crippen LogP contribution in [0.1, 0.15) is 20.3 Å². The van der Waals surface area contributed by atoms with E-state index in [2.05, 4.69) is 10.6 Å². The lowest BCUT2D eigenvalue weighted by atomic mass is 9.88. The van der Waals surface area contributed by atoms with E-state index in [0.29, 0.717) is 5.92 Å². The van der Waals surface area contributed by atoms with Crippen molar-refractivity contribution in [2.24, 2.45) is 11.8 Å². The summed E-state index contributed by atoms with van der Waals surface area (Å²) in [7, 11) is 0. The van der Waals surface area contributed by atoms with E-state index in [1.54, 1.807) is 0 Å². The summed E-state index contributed by atoms with van der Waals surface area (Å²) in [5, 5.41) is 6.28. The largest absolute Gasteiger partial charge is 0.376 e. The molecule has 0 saturated carbocycles. The molecule has 0 bridgehead atoms. The van der Waals surface area contributed by atoms with Gasteiger partial charge >= 0.3 is 0 Å². The van der Waals surface area contributed by atoms with Crippen LogP contribution in [0.4, 0.5) is 0 Å². The molecule has 0 aliphatic carbocycles. The molecule has 2 heterocycles. The number of amides is 1. The van der Waals surface area contributed by atoms with Gasteiger partial charge in [-0.25, -0.2) is 0 Å². The number of carbonyl (C=O) groups is 1. The van der Waals surface area contributed by atoms with Gasteiger partial charge in [-0.05, 0) is 32.4 Å². The first kappa shape index (κ1) is 13.7. The lowest BCUT2D eigenvalue weighted by Gasteiger charge is -2.32. The summed E-state index contributed by atoms with van der Waals surface area (Å²) in [6.45, 7) is 6.76. The van der Waals surface area contributed by atoms with Crippen molar-refractivity contribution in [3.05, 3.63) is 0 Å². The van der Waals surface area contributed by atoms with E-state index < -0.39 is 0 Å². The van der Waals surface area contributed by atoms with Crippen LogP contribution in [0.5, 0.6) is 0 Å². The SMILES string of the molecule is CC1OCCC1NC(=O)C(C)C1CNC1.Cl. The normalized spacial score (nSPS) is 31.4. The van der Waals surface area contributed by atoms with Crippen LogP contribution >= 0.6 is 12.4 Å². The van der Waals surface area contributed by atoms with Gasteiger partial charge in [-0.15, -0.1) is 12.4 Å². The quantitative estimate of drug-likeness (QED) is 0.767. The summed E-state index contributed by atoms with van der Waals surface area (Å²) in [5.41, 5.74) is 0. The predicted molar refractivity (Wildman–Crippen MR) is 64.7 cm³/mol. The van der Waals surface area contributed by atoms with Gasteiger partial charge in [-0.2, -0.15) is 0 Å². The Labute approximate surface area is 103 Å². The van der Waals surface area contributed by atoms with E-state index in [1.807, 2.05) is 13.8 Å². The van der Waals surface area contributed by atoms with Gasteiger partial charge in [0.15, 0.2) is 0 Å². The summed E-state index contributed by atoms with van der Waals surface area (Å²) in [6, 6.07) is 0.216. The molecule has 94 valence electrons. The molecule has 2 saturated heterocycles. The monoisotopic (exact) mass is 248 g/mol. The smallest absolute Gasteiger partial charge is 0.223 e. The van der Waals surface area contributed by atoms with Gasteiger partial charge in [0.25, 0.3) is 0 Å². The average molecular weight is 249 g/mol. The second-order valence-corrected chi connectivity index (χ2v) is 4.69. The third-order valence-corrected chi connectivity index (χ3v) is 3.64. The Morgan fingerprint density at radius 3 is 2.62 bits per heavy atom. The zero-order chi connectivity index (χ0) is 10.8. The van der Waals surface area contributed by atoms with Gasteiger partial charge in [0.2, 0.25) is 5.91 Å². The molecule has 16 heavy (non-hydrogen) atoms. The van der Waals surface area contributed by atoms with Crippen LogP contribution in [0, 0.1) is 11.8 Å². The molecule has 0 aromatic rings. The van der Waals surface area contributed by atoms with Crippen molar-refractivity contribution in [3.8, 4) is 0 Å². The molecule has 2 aliphatic heterocycles. The molecule has 2 N–H and O–H groups in total. The Hall–Kier alpha value is -0.320. The van der Waals surface area contributed by atoms with E-state index in [4.69, 9.17) is 4.74 Å². The Bertz CT molecular complexity index is 246. The molecule has 0 spiro atoms. The lowest BCUT2D eigenvalue weighted by molar-refractivity contribution is -0.127. The van der Waals surface area contributed by atoms with Crippen LogP contribution in [-0.4, -0.2) is 37.7 Å². The molecule has 0 aromatic carbocycles. The number of ether oxygens (including phenoxy) is 1. The van der Waals surface area contributed by atoms with Crippen molar-refractivity contribution in [3.63, 3.8) is 0 Å². The molecule has 0 radical (unpaired) electrons. The molecule has 3 atom stereocenters. The maximum atomic E-state index is 11.9. The summed E-state index contributed by atoms with van der Waals surface area (Å²) in [4.78, 5) is 11.9. The minimum absolute atomic E-state index is 0. The van der Waals surface area contributed by atoms with E-state index in [9.17, 15) is 4.79 Å². The second-order valence-electron chi connectivity index (χ2n) is 4.69. The van der Waals surface area contributed by atoms with E-state index >= 15 is 0 Å². The summed E-state index contributed by atoms with van der Waals surface area (Å²) in [5.74, 6) is 0.825.